The minimum Gasteiger partial charge on any atom is -0.472 e. The Bertz CT molecular complexity index is 1170. The van der Waals surface area contributed by atoms with Gasteiger partial charge in [0.25, 0.3) is 0 Å². The van der Waals surface area contributed by atoms with Crippen molar-refractivity contribution in [1.82, 2.24) is 20.2 Å². The van der Waals surface area contributed by atoms with Gasteiger partial charge in [0.05, 0.1) is 18.9 Å². The van der Waals surface area contributed by atoms with Crippen LogP contribution in [-0.2, 0) is 11.4 Å². The van der Waals surface area contributed by atoms with Crippen LogP contribution in [0.15, 0.2) is 73.4 Å². The van der Waals surface area contributed by atoms with E-state index in [1.165, 1.54) is 24.7 Å². The molecule has 0 saturated carbocycles. The second kappa shape index (κ2) is 12.7. The molecule has 1 aliphatic rings. The van der Waals surface area contributed by atoms with Crippen molar-refractivity contribution < 1.29 is 13.9 Å². The predicted molar refractivity (Wildman–Crippen MR) is 131 cm³/mol. The van der Waals surface area contributed by atoms with Gasteiger partial charge >= 0.3 is 0 Å². The highest BCUT2D eigenvalue weighted by atomic mass is 19.1. The lowest BCUT2D eigenvalue weighted by Crippen LogP contribution is -2.22. The summed E-state index contributed by atoms with van der Waals surface area (Å²) in [4.78, 5) is 20.4. The number of allylic oxidation sites excluding steroid dienone is 6. The average molecular weight is 463 g/mol. The number of benzene rings is 1. The van der Waals surface area contributed by atoms with Gasteiger partial charge in [-0.05, 0) is 30.2 Å². The topological polar surface area (TPSA) is 105 Å². The molecule has 2 heterocycles. The van der Waals surface area contributed by atoms with Crippen molar-refractivity contribution in [1.29, 1.82) is 0 Å². The highest BCUT2D eigenvalue weighted by Gasteiger charge is 2.13. The fraction of sp³-hybridized carbons (Fsp3) is 0.200. The van der Waals surface area contributed by atoms with E-state index in [1.807, 2.05) is 44.2 Å². The van der Waals surface area contributed by atoms with E-state index >= 15 is 0 Å². The molecule has 9 heteroatoms. The second-order valence-electron chi connectivity index (χ2n) is 6.91. The molecule has 4 rings (SSSR count). The molecule has 0 atom stereocenters. The molecule has 3 N–H and O–H groups in total. The van der Waals surface area contributed by atoms with Crippen LogP contribution in [0.3, 0.4) is 0 Å². The lowest BCUT2D eigenvalue weighted by Gasteiger charge is -2.11. The predicted octanol–water partition coefficient (Wildman–Crippen LogP) is 4.89. The number of H-pyrrole nitrogens is 1. The molecule has 0 radical (unpaired) electrons. The molecule has 2 aromatic heterocycles. The first-order valence-corrected chi connectivity index (χ1v) is 11.0. The van der Waals surface area contributed by atoms with Crippen molar-refractivity contribution in [3.63, 3.8) is 0 Å². The molecular formula is C25H27FN6O2. The highest BCUT2D eigenvalue weighted by Crippen LogP contribution is 2.26. The summed E-state index contributed by atoms with van der Waals surface area (Å²) >= 11 is 0. The summed E-state index contributed by atoms with van der Waals surface area (Å²) in [7, 11) is 0. The van der Waals surface area contributed by atoms with Gasteiger partial charge in [-0.15, -0.1) is 0 Å². The Labute approximate surface area is 197 Å². The zero-order valence-corrected chi connectivity index (χ0v) is 19.1. The minimum absolute atomic E-state index is 0.00654. The first-order valence-electron chi connectivity index (χ1n) is 11.0. The van der Waals surface area contributed by atoms with Gasteiger partial charge in [-0.1, -0.05) is 44.2 Å². The Balaban J connectivity index is 0.00000158. The third-order valence-corrected chi connectivity index (χ3v) is 4.66. The van der Waals surface area contributed by atoms with E-state index in [0.29, 0.717) is 22.9 Å². The van der Waals surface area contributed by atoms with E-state index in [2.05, 4.69) is 30.8 Å². The van der Waals surface area contributed by atoms with E-state index in [0.717, 1.165) is 17.6 Å². The number of halogens is 1. The fourth-order valence-corrected chi connectivity index (χ4v) is 3.08. The fourth-order valence-electron chi connectivity index (χ4n) is 3.08. The van der Waals surface area contributed by atoms with Crippen LogP contribution in [-0.4, -0.2) is 32.6 Å². The zero-order valence-electron chi connectivity index (χ0n) is 19.1. The number of nitrogens with zero attached hydrogens (tertiary/aromatic N) is 3. The number of hydrogen-bond donors (Lipinski definition) is 3. The number of aromatic amines is 1. The van der Waals surface area contributed by atoms with Gasteiger partial charge in [0.15, 0.2) is 0 Å². The summed E-state index contributed by atoms with van der Waals surface area (Å²) in [5.41, 5.74) is 2.79. The maximum atomic E-state index is 14.1. The van der Waals surface area contributed by atoms with Crippen LogP contribution < -0.4 is 15.4 Å². The van der Waals surface area contributed by atoms with Crippen LogP contribution in [0.5, 0.6) is 5.88 Å². The lowest BCUT2D eigenvalue weighted by molar-refractivity contribution is -0.114. The van der Waals surface area contributed by atoms with Crippen LogP contribution in [0.2, 0.25) is 0 Å². The van der Waals surface area contributed by atoms with Gasteiger partial charge in [-0.2, -0.15) is 5.10 Å². The minimum atomic E-state index is -0.411. The van der Waals surface area contributed by atoms with E-state index in [4.69, 9.17) is 4.74 Å². The number of hydrogen-bond acceptors (Lipinski definition) is 6. The molecule has 0 unspecified atom stereocenters. The highest BCUT2D eigenvalue weighted by molar-refractivity contribution is 5.95. The number of amides is 1. The number of rotatable bonds is 8. The smallest absolute Gasteiger partial charge is 0.244 e. The third-order valence-electron chi connectivity index (χ3n) is 4.66. The van der Waals surface area contributed by atoms with Crippen LogP contribution in [0.4, 0.5) is 15.9 Å². The van der Waals surface area contributed by atoms with Crippen molar-refractivity contribution in [3.8, 4) is 5.88 Å². The summed E-state index contributed by atoms with van der Waals surface area (Å²) < 4.78 is 19.6. The van der Waals surface area contributed by atoms with Gasteiger partial charge in [0, 0.05) is 29.2 Å². The molecule has 3 aromatic rings. The van der Waals surface area contributed by atoms with Crippen molar-refractivity contribution in [3.05, 3.63) is 90.3 Å². The molecule has 8 nitrogen and oxygen atoms in total. The normalized spacial score (nSPS) is 12.1. The Morgan fingerprint density at radius 3 is 2.88 bits per heavy atom. The molecule has 1 aromatic carbocycles. The first kappa shape index (κ1) is 24.4. The van der Waals surface area contributed by atoms with Crippen molar-refractivity contribution in [2.75, 3.05) is 17.2 Å². The molecule has 0 fully saturated rings. The molecule has 176 valence electrons. The van der Waals surface area contributed by atoms with E-state index < -0.39 is 5.82 Å². The molecule has 0 spiro atoms. The van der Waals surface area contributed by atoms with E-state index in [1.54, 1.807) is 18.3 Å². The first-order chi connectivity index (χ1) is 16.7. The van der Waals surface area contributed by atoms with Gasteiger partial charge < -0.3 is 15.4 Å². The molecule has 0 aliphatic heterocycles. The Hall–Kier alpha value is -4.27. The lowest BCUT2D eigenvalue weighted by atomic mass is 10.1. The van der Waals surface area contributed by atoms with Gasteiger partial charge in [-0.25, -0.2) is 9.37 Å². The number of aromatic nitrogens is 4. The van der Waals surface area contributed by atoms with Crippen molar-refractivity contribution >= 4 is 23.0 Å². The Morgan fingerprint density at radius 1 is 1.18 bits per heavy atom. The number of nitrogens with one attached hydrogen (secondary N) is 3. The number of carbonyl (C=O) groups is 1. The molecule has 0 bridgehead atoms. The van der Waals surface area contributed by atoms with E-state index in [9.17, 15) is 9.18 Å². The summed E-state index contributed by atoms with van der Waals surface area (Å²) in [6.45, 7) is 3.98. The van der Waals surface area contributed by atoms with Crippen molar-refractivity contribution in [2.24, 2.45) is 0 Å². The van der Waals surface area contributed by atoms with Gasteiger partial charge in [0.2, 0.25) is 11.8 Å². The summed E-state index contributed by atoms with van der Waals surface area (Å²) in [6.07, 6.45) is 16.8. The average Bonchev–Trinajstić information content (AvgIpc) is 3.16. The summed E-state index contributed by atoms with van der Waals surface area (Å²) in [5, 5.41) is 12.7. The largest absolute Gasteiger partial charge is 0.472 e. The maximum Gasteiger partial charge on any atom is 0.244 e. The molecule has 0 saturated heterocycles. The quantitative estimate of drug-likeness (QED) is 0.440. The number of ether oxygens (including phenoxy) is 1. The number of anilines is 2. The van der Waals surface area contributed by atoms with Crippen LogP contribution in [0, 0.1) is 5.82 Å². The molecule has 34 heavy (non-hydrogen) atoms. The molecule has 1 aliphatic carbocycles. The van der Waals surface area contributed by atoms with Gasteiger partial charge in [-0.3, -0.25) is 14.9 Å². The van der Waals surface area contributed by atoms with Crippen LogP contribution in [0.1, 0.15) is 31.4 Å². The Morgan fingerprint density at radius 2 is 2.06 bits per heavy atom. The van der Waals surface area contributed by atoms with Crippen molar-refractivity contribution in [2.45, 2.75) is 26.9 Å². The van der Waals surface area contributed by atoms with Crippen LogP contribution >= 0.6 is 0 Å². The third kappa shape index (κ3) is 6.86. The Kier molecular flexibility index (Phi) is 9.09. The maximum absolute atomic E-state index is 14.1. The number of carbonyl (C=O) groups excluding carboxylic acids is 1. The zero-order chi connectivity index (χ0) is 24.2. The SMILES string of the molecule is CC.O=C(CNc1ccc(F)c(COc2cnccn2)c1)Nc1[nH]ncc1C1=CC=CC=CC1. The van der Waals surface area contributed by atoms with Gasteiger partial charge in [0.1, 0.15) is 18.2 Å². The molecule has 1 amide bonds. The summed E-state index contributed by atoms with van der Waals surface area (Å²) in [6, 6.07) is 4.48. The monoisotopic (exact) mass is 462 g/mol. The van der Waals surface area contributed by atoms with E-state index in [-0.39, 0.29) is 19.1 Å². The van der Waals surface area contributed by atoms with Crippen LogP contribution in [0.25, 0.3) is 5.57 Å². The molecular weight excluding hydrogens is 435 g/mol. The summed E-state index contributed by atoms with van der Waals surface area (Å²) in [5.74, 6) is 0.155. The standard InChI is InChI=1S/C23H21FN6O2.C2H6/c24-20-8-7-18(11-17(20)15-32-22-14-25-9-10-26-22)27-13-21(31)29-23-19(12-28-30-23)16-5-3-1-2-4-6-16;1-2/h1-5,7-12,14,27H,6,13,15H2,(H2,28,29,30,31);1-2H3. The second-order valence-corrected chi connectivity index (χ2v) is 6.91.